The summed E-state index contributed by atoms with van der Waals surface area (Å²) in [4.78, 5) is 56.8. The molecule has 4 N–H and O–H groups in total. The van der Waals surface area contributed by atoms with E-state index in [0.717, 1.165) is 52.1 Å². The number of nitrogens with one attached hydrogen (secondary N) is 1. The minimum atomic E-state index is -4.42. The van der Waals surface area contributed by atoms with Crippen LogP contribution in [-0.2, 0) is 31.9 Å². The number of rotatable bonds is 13. The number of carboxylic acid groups (broad SMARTS) is 1. The summed E-state index contributed by atoms with van der Waals surface area (Å²) in [5.74, 6) is -0.535. The predicted octanol–water partition coefficient (Wildman–Crippen LogP) is 5.36. The van der Waals surface area contributed by atoms with Gasteiger partial charge < -0.3 is 34.6 Å². The van der Waals surface area contributed by atoms with E-state index in [1.54, 1.807) is 6.07 Å². The van der Waals surface area contributed by atoms with Crippen LogP contribution in [0.3, 0.4) is 0 Å². The van der Waals surface area contributed by atoms with E-state index in [-0.39, 0.29) is 12.5 Å². The van der Waals surface area contributed by atoms with E-state index in [4.69, 9.17) is 19.3 Å². The van der Waals surface area contributed by atoms with E-state index >= 15 is 0 Å². The number of fused-ring (bicyclic) bond motifs is 1. The summed E-state index contributed by atoms with van der Waals surface area (Å²) in [6.45, 7) is 5.01. The Hall–Kier alpha value is -4.18. The van der Waals surface area contributed by atoms with Crippen molar-refractivity contribution in [3.8, 4) is 16.9 Å². The van der Waals surface area contributed by atoms with Crippen molar-refractivity contribution in [2.45, 2.75) is 58.6 Å². The van der Waals surface area contributed by atoms with Crippen molar-refractivity contribution in [3.63, 3.8) is 0 Å². The number of anilines is 1. The van der Waals surface area contributed by atoms with Gasteiger partial charge in [-0.15, -0.1) is 0 Å². The van der Waals surface area contributed by atoms with Crippen LogP contribution in [0.25, 0.3) is 11.1 Å². The molecule has 3 aromatic rings. The number of aliphatic carboxylic acids is 1. The van der Waals surface area contributed by atoms with E-state index in [0.29, 0.717) is 31.6 Å². The molecule has 11 nitrogen and oxygen atoms in total. The van der Waals surface area contributed by atoms with Gasteiger partial charge in [-0.2, -0.15) is 0 Å². The van der Waals surface area contributed by atoms with Crippen molar-refractivity contribution in [2.24, 2.45) is 0 Å². The van der Waals surface area contributed by atoms with Crippen LogP contribution in [0.2, 0.25) is 0 Å². The molecule has 0 saturated heterocycles. The molecule has 1 heterocycles. The fourth-order valence-electron chi connectivity index (χ4n) is 5.29. The highest BCUT2D eigenvalue weighted by molar-refractivity contribution is 7.51. The number of benzene rings is 3. The minimum Gasteiger partial charge on any atom is -0.493 e. The molecule has 1 aliphatic rings. The number of alkyl carbamates (subject to hydrolysis) is 1. The van der Waals surface area contributed by atoms with Gasteiger partial charge in [0.1, 0.15) is 18.4 Å². The number of hydrogen-bond donors (Lipinski definition) is 4. The molecule has 2 amide bonds. The lowest BCUT2D eigenvalue weighted by Crippen LogP contribution is -2.41. The van der Waals surface area contributed by atoms with E-state index in [2.05, 4.69) is 5.32 Å². The molecule has 4 rings (SSSR count). The molecular weight excluding hydrogens is 599 g/mol. The third-order valence-corrected chi connectivity index (χ3v) is 8.65. The zero-order valence-corrected chi connectivity index (χ0v) is 26.3. The molecule has 1 aliphatic heterocycles. The number of carboxylic acids is 1. The van der Waals surface area contributed by atoms with Crippen LogP contribution in [0, 0.1) is 13.8 Å². The lowest BCUT2D eigenvalue weighted by atomic mass is 9.91. The quantitative estimate of drug-likeness (QED) is 0.143. The van der Waals surface area contributed by atoms with Crippen LogP contribution in [-0.4, -0.2) is 58.2 Å². The van der Waals surface area contributed by atoms with Crippen molar-refractivity contribution >= 4 is 31.3 Å². The summed E-state index contributed by atoms with van der Waals surface area (Å²) in [7, 11) is -4.42. The van der Waals surface area contributed by atoms with Gasteiger partial charge in [-0.05, 0) is 91.1 Å². The van der Waals surface area contributed by atoms with Gasteiger partial charge in [0.05, 0.1) is 12.8 Å². The van der Waals surface area contributed by atoms with Crippen LogP contribution in [0.1, 0.15) is 47.9 Å². The molecule has 0 bridgehead atoms. The lowest BCUT2D eigenvalue weighted by molar-refractivity contribution is -0.139. The first-order valence-electron chi connectivity index (χ1n) is 14.8. The van der Waals surface area contributed by atoms with Gasteiger partial charge in [0.2, 0.25) is 5.91 Å². The smallest absolute Gasteiger partial charge is 0.408 e. The average Bonchev–Trinajstić information content (AvgIpc) is 3.01. The van der Waals surface area contributed by atoms with Crippen LogP contribution >= 0.6 is 7.60 Å². The minimum absolute atomic E-state index is 0.0475. The molecule has 0 aromatic heterocycles. The molecule has 240 valence electrons. The summed E-state index contributed by atoms with van der Waals surface area (Å²) in [5, 5.41) is 11.4. The normalized spacial score (nSPS) is 13.5. The second-order valence-electron chi connectivity index (χ2n) is 11.1. The van der Waals surface area contributed by atoms with Crippen molar-refractivity contribution < 1.29 is 43.3 Å². The maximum atomic E-state index is 13.3. The summed E-state index contributed by atoms with van der Waals surface area (Å²) in [5.41, 5.74) is 6.73. The van der Waals surface area contributed by atoms with Gasteiger partial charge in [-0.1, -0.05) is 42.5 Å². The van der Waals surface area contributed by atoms with E-state index in [1.807, 2.05) is 73.3 Å². The second-order valence-corrected chi connectivity index (χ2v) is 12.9. The van der Waals surface area contributed by atoms with Gasteiger partial charge in [-0.25, -0.2) is 9.59 Å². The first-order chi connectivity index (χ1) is 21.4. The molecule has 0 saturated carbocycles. The Labute approximate surface area is 262 Å². The Morgan fingerprint density at radius 1 is 1.04 bits per heavy atom. The van der Waals surface area contributed by atoms with Crippen molar-refractivity contribution in [1.29, 1.82) is 0 Å². The number of carbonyl (C=O) groups is 3. The lowest BCUT2D eigenvalue weighted by Gasteiger charge is -2.31. The van der Waals surface area contributed by atoms with Crippen LogP contribution in [0.15, 0.2) is 60.7 Å². The first kappa shape index (κ1) is 33.7. The van der Waals surface area contributed by atoms with Crippen LogP contribution in [0.4, 0.5) is 10.5 Å². The van der Waals surface area contributed by atoms with Crippen LogP contribution in [0.5, 0.6) is 5.75 Å². The largest absolute Gasteiger partial charge is 0.493 e. The standard InChI is InChI=1S/C33H39N2O9P/c1-22-8-3-14-30(23(22)2)43-18-7-15-31(36)35-17-6-12-27-26(11-5-13-29(27)35)25-10-4-9-24(20-25)21-44-33(39)34-28(32(37)38)16-19-45(40,41)42/h3-5,8-11,13-14,20,28H,6-7,12,15-19,21H2,1-2H3,(H,34,39)(H,37,38)(H2,40,41,42). The molecule has 45 heavy (non-hydrogen) atoms. The topological polar surface area (TPSA) is 163 Å². The van der Waals surface area contributed by atoms with E-state index in [9.17, 15) is 24.1 Å². The Balaban J connectivity index is 1.38. The van der Waals surface area contributed by atoms with Gasteiger partial charge >= 0.3 is 19.7 Å². The predicted molar refractivity (Wildman–Crippen MR) is 169 cm³/mol. The third-order valence-electron chi connectivity index (χ3n) is 7.81. The number of aryl methyl sites for hydroxylation is 1. The Bertz CT molecular complexity index is 1590. The van der Waals surface area contributed by atoms with Gasteiger partial charge in [0.15, 0.2) is 0 Å². The molecular formula is C33H39N2O9P. The molecule has 3 aromatic carbocycles. The fraction of sp³-hybridized carbons (Fsp3) is 0.364. The molecule has 1 atom stereocenters. The number of amides is 2. The molecule has 12 heteroatoms. The van der Waals surface area contributed by atoms with Crippen molar-refractivity contribution in [3.05, 3.63) is 82.9 Å². The summed E-state index contributed by atoms with van der Waals surface area (Å²) < 4.78 is 22.2. The number of hydrogen-bond acceptors (Lipinski definition) is 6. The number of carbonyl (C=O) groups excluding carboxylic acids is 2. The Morgan fingerprint density at radius 2 is 1.80 bits per heavy atom. The van der Waals surface area contributed by atoms with Gasteiger partial charge in [0.25, 0.3) is 0 Å². The zero-order valence-electron chi connectivity index (χ0n) is 25.4. The van der Waals surface area contributed by atoms with Gasteiger partial charge in [0, 0.05) is 18.7 Å². The molecule has 1 unspecified atom stereocenters. The van der Waals surface area contributed by atoms with E-state index < -0.39 is 38.3 Å². The highest BCUT2D eigenvalue weighted by atomic mass is 31.2. The Kier molecular flexibility index (Phi) is 11.4. The second kappa shape index (κ2) is 15.2. The van der Waals surface area contributed by atoms with Crippen molar-refractivity contribution in [2.75, 3.05) is 24.2 Å². The first-order valence-corrected chi connectivity index (χ1v) is 16.6. The molecule has 0 aliphatic carbocycles. The third kappa shape index (κ3) is 9.41. The fourth-order valence-corrected chi connectivity index (χ4v) is 5.89. The van der Waals surface area contributed by atoms with Crippen LogP contribution < -0.4 is 15.0 Å². The molecule has 0 fully saturated rings. The van der Waals surface area contributed by atoms with E-state index in [1.165, 1.54) is 0 Å². The summed E-state index contributed by atoms with van der Waals surface area (Å²) >= 11 is 0. The highest BCUT2D eigenvalue weighted by Crippen LogP contribution is 2.37. The highest BCUT2D eigenvalue weighted by Gasteiger charge is 2.26. The average molecular weight is 639 g/mol. The molecule has 0 radical (unpaired) electrons. The zero-order chi connectivity index (χ0) is 32.6. The maximum absolute atomic E-state index is 13.3. The number of nitrogens with zero attached hydrogens (tertiary/aromatic N) is 1. The van der Waals surface area contributed by atoms with Gasteiger partial charge in [-0.3, -0.25) is 9.36 Å². The summed E-state index contributed by atoms with van der Waals surface area (Å²) in [6.07, 6.45) is 0.464. The summed E-state index contributed by atoms with van der Waals surface area (Å²) in [6, 6.07) is 17.7. The number of ether oxygens (including phenoxy) is 2. The monoisotopic (exact) mass is 638 g/mol. The molecule has 0 spiro atoms. The SMILES string of the molecule is Cc1cccc(OCCCC(=O)N2CCCc3c(-c4cccc(COC(=O)NC(CCP(=O)(O)O)C(=O)O)c4)cccc32)c1C. The Morgan fingerprint density at radius 3 is 2.56 bits per heavy atom. The maximum Gasteiger partial charge on any atom is 0.408 e. The van der Waals surface area contributed by atoms with Crippen molar-refractivity contribution in [1.82, 2.24) is 5.32 Å².